The van der Waals surface area contributed by atoms with E-state index in [4.69, 9.17) is 9.72 Å². The minimum absolute atomic E-state index is 0.0385. The van der Waals surface area contributed by atoms with Crippen molar-refractivity contribution in [2.75, 3.05) is 18.5 Å². The number of likely N-dealkylation sites (tertiary alicyclic amines) is 1. The lowest BCUT2D eigenvalue weighted by molar-refractivity contribution is -0.127. The highest BCUT2D eigenvalue weighted by atomic mass is 32.1. The third-order valence-electron chi connectivity index (χ3n) is 6.04. The molecule has 4 rings (SSSR count). The van der Waals surface area contributed by atoms with E-state index in [9.17, 15) is 4.79 Å². The molecule has 2 atom stereocenters. The minimum Gasteiger partial charge on any atom is -0.475 e. The summed E-state index contributed by atoms with van der Waals surface area (Å²) >= 11 is 1.59. The van der Waals surface area contributed by atoms with Crippen LogP contribution in [-0.2, 0) is 11.3 Å². The molecule has 32 heavy (non-hydrogen) atoms. The number of carbonyl (C=O) groups excluding carboxylic acids is 1. The van der Waals surface area contributed by atoms with Crippen molar-refractivity contribution in [2.45, 2.75) is 52.6 Å². The second-order valence-electron chi connectivity index (χ2n) is 8.47. The van der Waals surface area contributed by atoms with Crippen LogP contribution in [0.5, 0.6) is 5.88 Å². The van der Waals surface area contributed by atoms with Crippen LogP contribution >= 0.6 is 11.3 Å². The number of nitrogens with one attached hydrogen (secondary N) is 1. The summed E-state index contributed by atoms with van der Waals surface area (Å²) in [7, 11) is 0. The molecule has 8 heteroatoms. The molecule has 1 aliphatic rings. The first-order chi connectivity index (χ1) is 15.5. The highest BCUT2D eigenvalue weighted by molar-refractivity contribution is 7.15. The maximum atomic E-state index is 12.2. The largest absolute Gasteiger partial charge is 0.475 e. The second kappa shape index (κ2) is 9.73. The number of amides is 1. The van der Waals surface area contributed by atoms with Gasteiger partial charge >= 0.3 is 0 Å². The molecule has 0 aromatic carbocycles. The van der Waals surface area contributed by atoms with E-state index < -0.39 is 0 Å². The number of rotatable bonds is 9. The molecule has 170 valence electrons. The standard InChI is InChI=1S/C24H31N5O2S/c1-5-16(3)14-28-11-9-19-20(28)12-21(27-24-25-13-17(4)32-24)26-23(19)31-15-18-8-7-10-29(18)22(30)6-2/h6,9,11-13,16,18H,2,5,7-8,10,14-15H2,1,3-4H3,(H,25,26,27)/t16?,18-/m0/s1. The fourth-order valence-corrected chi connectivity index (χ4v) is 4.74. The molecular formula is C24H31N5O2S. The van der Waals surface area contributed by atoms with Crippen LogP contribution < -0.4 is 10.1 Å². The van der Waals surface area contributed by atoms with Crippen LogP contribution in [0.15, 0.2) is 37.2 Å². The number of hydrogen-bond donors (Lipinski definition) is 1. The Morgan fingerprint density at radius 2 is 2.34 bits per heavy atom. The minimum atomic E-state index is -0.0385. The molecule has 0 spiro atoms. The van der Waals surface area contributed by atoms with Crippen molar-refractivity contribution in [1.29, 1.82) is 0 Å². The maximum absolute atomic E-state index is 12.2. The van der Waals surface area contributed by atoms with Gasteiger partial charge in [-0.05, 0) is 37.8 Å². The Bertz CT molecular complexity index is 1110. The van der Waals surface area contributed by atoms with Gasteiger partial charge in [-0.25, -0.2) is 4.98 Å². The fourth-order valence-electron chi connectivity index (χ4n) is 4.07. The van der Waals surface area contributed by atoms with E-state index in [-0.39, 0.29) is 11.9 Å². The number of nitrogens with zero attached hydrogens (tertiary/aromatic N) is 4. The number of anilines is 2. The van der Waals surface area contributed by atoms with Crippen LogP contribution in [0.25, 0.3) is 10.9 Å². The van der Waals surface area contributed by atoms with Gasteiger partial charge in [-0.1, -0.05) is 26.8 Å². The first-order valence-electron chi connectivity index (χ1n) is 11.2. The molecule has 4 heterocycles. The molecule has 1 amide bonds. The summed E-state index contributed by atoms with van der Waals surface area (Å²) in [5.74, 6) is 1.82. The van der Waals surface area contributed by atoms with Gasteiger partial charge in [0.25, 0.3) is 0 Å². The van der Waals surface area contributed by atoms with Crippen molar-refractivity contribution in [3.05, 3.63) is 42.1 Å². The molecule has 1 saturated heterocycles. The third kappa shape index (κ3) is 4.80. The maximum Gasteiger partial charge on any atom is 0.246 e. The van der Waals surface area contributed by atoms with E-state index in [1.54, 1.807) is 11.3 Å². The molecule has 3 aromatic heterocycles. The van der Waals surface area contributed by atoms with Gasteiger partial charge in [-0.3, -0.25) is 4.79 Å². The Morgan fingerprint density at radius 3 is 3.06 bits per heavy atom. The fraction of sp³-hybridized carbons (Fsp3) is 0.458. The van der Waals surface area contributed by atoms with Crippen molar-refractivity contribution >= 4 is 39.1 Å². The summed E-state index contributed by atoms with van der Waals surface area (Å²) in [6.45, 7) is 12.2. The molecule has 1 aliphatic heterocycles. The Balaban J connectivity index is 1.63. The SMILES string of the molecule is C=CC(=O)N1CCC[C@H]1COc1nc(Nc2ncc(C)s2)cc2c1ccn2CC(C)CC. The van der Waals surface area contributed by atoms with Crippen molar-refractivity contribution < 1.29 is 9.53 Å². The van der Waals surface area contributed by atoms with E-state index in [2.05, 4.69) is 53.6 Å². The van der Waals surface area contributed by atoms with Crippen molar-refractivity contribution in [1.82, 2.24) is 19.4 Å². The van der Waals surface area contributed by atoms with Crippen LogP contribution in [0, 0.1) is 12.8 Å². The lowest BCUT2D eigenvalue weighted by Gasteiger charge is -2.23. The summed E-state index contributed by atoms with van der Waals surface area (Å²) in [4.78, 5) is 24.3. The molecule has 7 nitrogen and oxygen atoms in total. The summed E-state index contributed by atoms with van der Waals surface area (Å²) in [5, 5.41) is 5.12. The summed E-state index contributed by atoms with van der Waals surface area (Å²) in [6, 6.07) is 4.17. The summed E-state index contributed by atoms with van der Waals surface area (Å²) in [6.07, 6.45) is 8.35. The van der Waals surface area contributed by atoms with E-state index >= 15 is 0 Å². The van der Waals surface area contributed by atoms with Gasteiger partial charge in [0.1, 0.15) is 12.4 Å². The van der Waals surface area contributed by atoms with Crippen LogP contribution in [0.4, 0.5) is 10.9 Å². The van der Waals surface area contributed by atoms with Gasteiger partial charge in [0.15, 0.2) is 5.13 Å². The topological polar surface area (TPSA) is 72.3 Å². The summed E-state index contributed by atoms with van der Waals surface area (Å²) in [5.41, 5.74) is 1.08. The normalized spacial score (nSPS) is 17.0. The molecule has 1 unspecified atom stereocenters. The highest BCUT2D eigenvalue weighted by Gasteiger charge is 2.28. The highest BCUT2D eigenvalue weighted by Crippen LogP contribution is 2.31. The van der Waals surface area contributed by atoms with Crippen molar-refractivity contribution in [3.63, 3.8) is 0 Å². The van der Waals surface area contributed by atoms with Crippen LogP contribution in [0.2, 0.25) is 0 Å². The molecule has 3 aromatic rings. The summed E-state index contributed by atoms with van der Waals surface area (Å²) < 4.78 is 8.51. The molecule has 0 radical (unpaired) electrons. The van der Waals surface area contributed by atoms with Gasteiger partial charge in [-0.2, -0.15) is 4.98 Å². The smallest absolute Gasteiger partial charge is 0.246 e. The first-order valence-corrected chi connectivity index (χ1v) is 12.0. The predicted molar refractivity (Wildman–Crippen MR) is 130 cm³/mol. The average Bonchev–Trinajstić information content (AvgIpc) is 3.52. The van der Waals surface area contributed by atoms with Gasteiger partial charge < -0.3 is 19.5 Å². The number of fused-ring (bicyclic) bond motifs is 1. The van der Waals surface area contributed by atoms with Gasteiger partial charge in [0.2, 0.25) is 11.8 Å². The number of thiazole rings is 1. The quantitative estimate of drug-likeness (QED) is 0.454. The monoisotopic (exact) mass is 453 g/mol. The predicted octanol–water partition coefficient (Wildman–Crippen LogP) is 5.15. The van der Waals surface area contributed by atoms with E-state index in [1.165, 1.54) is 6.08 Å². The molecule has 0 saturated carbocycles. The lowest BCUT2D eigenvalue weighted by atomic mass is 10.1. The number of pyridine rings is 1. The molecule has 0 aliphatic carbocycles. The Hall–Kier alpha value is -2.87. The third-order valence-corrected chi connectivity index (χ3v) is 6.87. The number of hydrogen-bond acceptors (Lipinski definition) is 6. The number of aryl methyl sites for hydroxylation is 1. The van der Waals surface area contributed by atoms with Crippen LogP contribution in [0.1, 0.15) is 38.0 Å². The van der Waals surface area contributed by atoms with Crippen molar-refractivity contribution in [2.24, 2.45) is 5.92 Å². The van der Waals surface area contributed by atoms with E-state index in [0.717, 1.165) is 53.3 Å². The van der Waals surface area contributed by atoms with Gasteiger partial charge in [0, 0.05) is 36.4 Å². The average molecular weight is 454 g/mol. The van der Waals surface area contributed by atoms with Crippen molar-refractivity contribution in [3.8, 4) is 5.88 Å². The Kier molecular flexibility index (Phi) is 6.79. The number of aromatic nitrogens is 3. The second-order valence-corrected chi connectivity index (χ2v) is 9.71. The zero-order chi connectivity index (χ0) is 22.7. The van der Waals surface area contributed by atoms with Gasteiger partial charge in [0.05, 0.1) is 16.9 Å². The Morgan fingerprint density at radius 1 is 1.50 bits per heavy atom. The van der Waals surface area contributed by atoms with Gasteiger partial charge in [-0.15, -0.1) is 11.3 Å². The zero-order valence-corrected chi connectivity index (χ0v) is 19.8. The van der Waals surface area contributed by atoms with Crippen LogP contribution in [-0.4, -0.2) is 44.5 Å². The zero-order valence-electron chi connectivity index (χ0n) is 19.0. The first kappa shape index (κ1) is 22.3. The number of carbonyl (C=O) groups is 1. The molecule has 1 N–H and O–H groups in total. The van der Waals surface area contributed by atoms with Crippen LogP contribution in [0.3, 0.4) is 0 Å². The lowest BCUT2D eigenvalue weighted by Crippen LogP contribution is -2.38. The molecular weight excluding hydrogens is 422 g/mol. The van der Waals surface area contributed by atoms with E-state index in [0.29, 0.717) is 24.2 Å². The number of ether oxygens (including phenoxy) is 1. The van der Waals surface area contributed by atoms with E-state index in [1.807, 2.05) is 18.0 Å². The molecule has 1 fully saturated rings. The molecule has 0 bridgehead atoms. The Labute approximate surface area is 193 Å².